The number of carbonyl (C=O) groups is 4. The van der Waals surface area contributed by atoms with Gasteiger partial charge in [0.05, 0.1) is 26.4 Å². The number of rotatable bonds is 82. The molecule has 19 heteroatoms. The first kappa shape index (κ1) is 100. The maximum atomic E-state index is 13.1. The number of phosphoric ester groups is 2. The first-order chi connectivity index (χ1) is 49.4. The summed E-state index contributed by atoms with van der Waals surface area (Å²) >= 11 is 0. The van der Waals surface area contributed by atoms with E-state index >= 15 is 0 Å². The number of ether oxygens (including phenoxy) is 4. The van der Waals surface area contributed by atoms with Crippen molar-refractivity contribution in [1.82, 2.24) is 0 Å². The minimum atomic E-state index is -4.96. The lowest BCUT2D eigenvalue weighted by molar-refractivity contribution is -0.161. The lowest BCUT2D eigenvalue weighted by atomic mass is 9.99. The molecule has 0 spiro atoms. The van der Waals surface area contributed by atoms with Crippen LogP contribution in [0.3, 0.4) is 0 Å². The summed E-state index contributed by atoms with van der Waals surface area (Å²) in [5.74, 6) is -0.551. The van der Waals surface area contributed by atoms with E-state index < -0.39 is 97.5 Å². The molecule has 606 valence electrons. The Kier molecular flexibility index (Phi) is 73.1. The molecular formula is C83H162O17P2. The summed E-state index contributed by atoms with van der Waals surface area (Å²) in [6, 6.07) is 0. The van der Waals surface area contributed by atoms with Crippen LogP contribution in [-0.4, -0.2) is 96.7 Å². The molecule has 0 aromatic rings. The van der Waals surface area contributed by atoms with E-state index in [1.165, 1.54) is 257 Å². The molecule has 6 atom stereocenters. The maximum Gasteiger partial charge on any atom is 0.472 e. The molecule has 3 N–H and O–H groups in total. The summed E-state index contributed by atoms with van der Waals surface area (Å²) in [5.41, 5.74) is 0. The van der Waals surface area contributed by atoms with Gasteiger partial charge in [-0.25, -0.2) is 9.13 Å². The van der Waals surface area contributed by atoms with Crippen molar-refractivity contribution >= 4 is 39.5 Å². The first-order valence-corrected chi connectivity index (χ1v) is 46.0. The highest BCUT2D eigenvalue weighted by atomic mass is 31.2. The van der Waals surface area contributed by atoms with Gasteiger partial charge in [-0.1, -0.05) is 388 Å². The Bertz CT molecular complexity index is 1960. The van der Waals surface area contributed by atoms with Crippen LogP contribution >= 0.6 is 15.6 Å². The van der Waals surface area contributed by atoms with Crippen molar-refractivity contribution in [3.63, 3.8) is 0 Å². The molecule has 0 aromatic carbocycles. The van der Waals surface area contributed by atoms with Crippen LogP contribution in [0.4, 0.5) is 0 Å². The number of aliphatic hydroxyl groups excluding tert-OH is 1. The molecule has 17 nitrogen and oxygen atoms in total. The van der Waals surface area contributed by atoms with Gasteiger partial charge in [-0.15, -0.1) is 0 Å². The fourth-order valence-corrected chi connectivity index (χ4v) is 14.4. The highest BCUT2D eigenvalue weighted by Gasteiger charge is 2.30. The predicted molar refractivity (Wildman–Crippen MR) is 418 cm³/mol. The molecule has 0 radical (unpaired) electrons. The number of unbranched alkanes of at least 4 members (excludes halogenated alkanes) is 51. The Hall–Kier alpha value is -1.94. The topological polar surface area (TPSA) is 237 Å². The monoisotopic (exact) mass is 1490 g/mol. The lowest BCUT2D eigenvalue weighted by Crippen LogP contribution is -2.30. The Balaban J connectivity index is 5.27. The van der Waals surface area contributed by atoms with Gasteiger partial charge < -0.3 is 33.8 Å². The highest BCUT2D eigenvalue weighted by Crippen LogP contribution is 2.45. The van der Waals surface area contributed by atoms with E-state index in [1.54, 1.807) is 0 Å². The molecule has 0 amide bonds. The van der Waals surface area contributed by atoms with Crippen LogP contribution in [0.1, 0.15) is 440 Å². The fraction of sp³-hybridized carbons (Fsp3) is 0.952. The normalized spacial score (nSPS) is 14.1. The average Bonchev–Trinajstić information content (AvgIpc) is 0.915. The van der Waals surface area contributed by atoms with Crippen molar-refractivity contribution in [1.29, 1.82) is 0 Å². The van der Waals surface area contributed by atoms with Crippen LogP contribution in [0.25, 0.3) is 0 Å². The van der Waals surface area contributed by atoms with Gasteiger partial charge in [-0.3, -0.25) is 37.3 Å². The molecule has 0 bridgehead atoms. The molecule has 0 aliphatic carbocycles. The molecule has 0 aliphatic heterocycles. The second-order valence-corrected chi connectivity index (χ2v) is 33.5. The third-order valence-electron chi connectivity index (χ3n) is 19.8. The van der Waals surface area contributed by atoms with Crippen LogP contribution in [-0.2, 0) is 65.4 Å². The van der Waals surface area contributed by atoms with E-state index in [9.17, 15) is 43.2 Å². The lowest BCUT2D eigenvalue weighted by Gasteiger charge is -2.21. The van der Waals surface area contributed by atoms with Crippen molar-refractivity contribution in [3.05, 3.63) is 0 Å². The van der Waals surface area contributed by atoms with Crippen LogP contribution in [0.5, 0.6) is 0 Å². The molecule has 0 saturated heterocycles. The minimum absolute atomic E-state index is 0.107. The summed E-state index contributed by atoms with van der Waals surface area (Å²) in [5, 5.41) is 10.7. The van der Waals surface area contributed by atoms with Crippen molar-refractivity contribution in [3.8, 4) is 0 Å². The van der Waals surface area contributed by atoms with E-state index in [1.807, 2.05) is 0 Å². The second-order valence-electron chi connectivity index (χ2n) is 30.6. The van der Waals surface area contributed by atoms with E-state index in [2.05, 4.69) is 41.5 Å². The van der Waals surface area contributed by atoms with Gasteiger partial charge in [-0.2, -0.15) is 0 Å². The Morgan fingerprint density at radius 1 is 0.284 bits per heavy atom. The standard InChI is InChI=1S/C83H162O17P2/c1-7-10-12-14-16-18-20-22-24-26-28-30-32-37-41-49-55-61-67-82(87)99-78(71-93-80(85)65-59-53-47-40-36-31-29-27-25-23-21-19-17-15-13-11-8-2)73-97-101(89,90)95-69-77(84)70-96-102(91,92)98-74-79(72-94-81(86)66-60-54-48-44-43-46-52-58-64-76(6)9-3)100-83(88)68-62-56-50-42-38-34-33-35-39-45-51-57-63-75(4)5/h75-79,84H,7-74H2,1-6H3,(H,89,90)(H,91,92)/t76?,77-,78-,79-/m1/s1. The summed E-state index contributed by atoms with van der Waals surface area (Å²) < 4.78 is 68.8. The van der Waals surface area contributed by atoms with Gasteiger partial charge in [0.1, 0.15) is 19.3 Å². The summed E-state index contributed by atoms with van der Waals surface area (Å²) in [6.45, 7) is 9.67. The molecule has 0 saturated carbocycles. The summed E-state index contributed by atoms with van der Waals surface area (Å²) in [4.78, 5) is 73.2. The molecular weight excluding hydrogens is 1330 g/mol. The molecule has 0 rings (SSSR count). The average molecular weight is 1490 g/mol. The predicted octanol–water partition coefficient (Wildman–Crippen LogP) is 25.1. The molecule has 0 aromatic heterocycles. The third kappa shape index (κ3) is 74.9. The Morgan fingerprint density at radius 2 is 0.500 bits per heavy atom. The highest BCUT2D eigenvalue weighted by molar-refractivity contribution is 7.47. The Morgan fingerprint density at radius 3 is 0.745 bits per heavy atom. The molecule has 102 heavy (non-hydrogen) atoms. The van der Waals surface area contributed by atoms with Gasteiger partial charge in [0.25, 0.3) is 0 Å². The quantitative estimate of drug-likeness (QED) is 0.0222. The van der Waals surface area contributed by atoms with Crippen molar-refractivity contribution in [2.45, 2.75) is 458 Å². The zero-order valence-electron chi connectivity index (χ0n) is 66.9. The van der Waals surface area contributed by atoms with Crippen molar-refractivity contribution < 1.29 is 80.2 Å². The summed E-state index contributed by atoms with van der Waals surface area (Å²) in [6.07, 6.45) is 65.1. The van der Waals surface area contributed by atoms with Crippen molar-refractivity contribution in [2.24, 2.45) is 11.8 Å². The third-order valence-corrected chi connectivity index (χ3v) is 21.7. The first-order valence-electron chi connectivity index (χ1n) is 43.0. The van der Waals surface area contributed by atoms with E-state index in [-0.39, 0.29) is 25.7 Å². The SMILES string of the molecule is CCCCCCCCCCCCCCCCCCCCC(=O)O[C@H](COC(=O)CCCCCCCCCCCCCCCCCCC)COP(=O)(O)OC[C@@H](O)COP(=O)(O)OC[C@@H](COC(=O)CCCCCCCCCCC(C)CC)OC(=O)CCCCCCCCCCCCCCC(C)C. The van der Waals surface area contributed by atoms with Gasteiger partial charge in [-0.05, 0) is 37.5 Å². The number of aliphatic hydroxyl groups is 1. The van der Waals surface area contributed by atoms with E-state index in [4.69, 9.17) is 37.0 Å². The van der Waals surface area contributed by atoms with Crippen LogP contribution in [0.2, 0.25) is 0 Å². The van der Waals surface area contributed by atoms with Gasteiger partial charge in [0.2, 0.25) is 0 Å². The van der Waals surface area contributed by atoms with Gasteiger partial charge in [0.15, 0.2) is 12.2 Å². The number of carbonyl (C=O) groups excluding carboxylic acids is 4. The second kappa shape index (κ2) is 74.5. The minimum Gasteiger partial charge on any atom is -0.462 e. The number of esters is 4. The Labute approximate surface area is 626 Å². The van der Waals surface area contributed by atoms with Crippen LogP contribution < -0.4 is 0 Å². The summed E-state index contributed by atoms with van der Waals surface area (Å²) in [7, 11) is -9.92. The number of phosphoric acid groups is 2. The van der Waals surface area contributed by atoms with Crippen molar-refractivity contribution in [2.75, 3.05) is 39.6 Å². The molecule has 0 fully saturated rings. The van der Waals surface area contributed by atoms with E-state index in [0.717, 1.165) is 102 Å². The molecule has 3 unspecified atom stereocenters. The largest absolute Gasteiger partial charge is 0.472 e. The maximum absolute atomic E-state index is 13.1. The van der Waals surface area contributed by atoms with Gasteiger partial charge in [0, 0.05) is 25.7 Å². The zero-order valence-corrected chi connectivity index (χ0v) is 68.7. The fourth-order valence-electron chi connectivity index (χ4n) is 12.9. The smallest absolute Gasteiger partial charge is 0.462 e. The molecule has 0 aliphatic rings. The number of hydrogen-bond donors (Lipinski definition) is 3. The molecule has 0 heterocycles. The van der Waals surface area contributed by atoms with E-state index in [0.29, 0.717) is 25.7 Å². The zero-order chi connectivity index (χ0) is 74.9. The van der Waals surface area contributed by atoms with Crippen LogP contribution in [0.15, 0.2) is 0 Å². The number of hydrogen-bond acceptors (Lipinski definition) is 15. The van der Waals surface area contributed by atoms with Gasteiger partial charge >= 0.3 is 39.5 Å². The van der Waals surface area contributed by atoms with Crippen LogP contribution in [0, 0.1) is 11.8 Å².